The molecule has 0 atom stereocenters. The number of hydrogen-bond acceptors (Lipinski definition) is 3. The van der Waals surface area contributed by atoms with Gasteiger partial charge in [-0.15, -0.1) is 0 Å². The third-order valence-corrected chi connectivity index (χ3v) is 3.04. The second kappa shape index (κ2) is 4.73. The van der Waals surface area contributed by atoms with Gasteiger partial charge >= 0.3 is 12.1 Å². The molecule has 1 aliphatic heterocycles. The average molecular weight is 274 g/mol. The van der Waals surface area contributed by atoms with Crippen molar-refractivity contribution in [1.29, 1.82) is 0 Å². The zero-order chi connectivity index (χ0) is 14.1. The number of alkyl halides is 3. The van der Waals surface area contributed by atoms with Crippen LogP contribution >= 0.6 is 0 Å². The van der Waals surface area contributed by atoms with Crippen molar-refractivity contribution in [3.8, 4) is 0 Å². The fraction of sp³-hybridized carbons (Fsp3) is 0.417. The smallest absolute Gasteiger partial charge is 0.416 e. The van der Waals surface area contributed by atoms with E-state index in [4.69, 9.17) is 5.11 Å². The Kier molecular flexibility index (Phi) is 3.40. The molecule has 0 spiro atoms. The van der Waals surface area contributed by atoms with Crippen LogP contribution in [0.25, 0.3) is 0 Å². The lowest BCUT2D eigenvalue weighted by molar-refractivity contribution is -0.139. The van der Waals surface area contributed by atoms with Crippen LogP contribution in [0.2, 0.25) is 0 Å². The predicted molar refractivity (Wildman–Crippen MR) is 62.9 cm³/mol. The minimum absolute atomic E-state index is 0.0823. The number of benzene rings is 1. The minimum atomic E-state index is -4.37. The summed E-state index contributed by atoms with van der Waals surface area (Å²) in [7, 11) is 0. The largest absolute Gasteiger partial charge is 0.481 e. The molecule has 1 fully saturated rings. The Morgan fingerprint density at radius 1 is 1.32 bits per heavy atom. The lowest BCUT2D eigenvalue weighted by atomic mass is 9.88. The van der Waals surface area contributed by atoms with Crippen molar-refractivity contribution >= 4 is 11.7 Å². The number of rotatable bonds is 4. The first-order valence-corrected chi connectivity index (χ1v) is 5.69. The van der Waals surface area contributed by atoms with Crippen molar-refractivity contribution in [2.75, 3.05) is 18.4 Å². The van der Waals surface area contributed by atoms with E-state index in [1.165, 1.54) is 12.1 Å². The van der Waals surface area contributed by atoms with E-state index < -0.39 is 23.2 Å². The highest BCUT2D eigenvalue weighted by Crippen LogP contribution is 2.31. The number of hydrogen-bond donors (Lipinski definition) is 3. The highest BCUT2D eigenvalue weighted by molar-refractivity contribution is 5.70. The van der Waals surface area contributed by atoms with Gasteiger partial charge in [-0.05, 0) is 24.3 Å². The molecule has 2 rings (SSSR count). The van der Waals surface area contributed by atoms with E-state index in [-0.39, 0.29) is 6.42 Å². The maximum Gasteiger partial charge on any atom is 0.416 e. The Bertz CT molecular complexity index is 467. The highest BCUT2D eigenvalue weighted by Gasteiger charge is 2.39. The van der Waals surface area contributed by atoms with Gasteiger partial charge in [0.15, 0.2) is 0 Å². The molecule has 0 aromatic heterocycles. The first-order valence-electron chi connectivity index (χ1n) is 5.69. The molecule has 19 heavy (non-hydrogen) atoms. The minimum Gasteiger partial charge on any atom is -0.481 e. The van der Waals surface area contributed by atoms with Gasteiger partial charge in [0, 0.05) is 18.8 Å². The Morgan fingerprint density at radius 2 is 1.89 bits per heavy atom. The Hall–Kier alpha value is -1.76. The lowest BCUT2D eigenvalue weighted by Gasteiger charge is -2.43. The molecular formula is C12H13F3N2O2. The summed E-state index contributed by atoms with van der Waals surface area (Å²) >= 11 is 0. The van der Waals surface area contributed by atoms with Gasteiger partial charge in [-0.1, -0.05) is 0 Å². The van der Waals surface area contributed by atoms with E-state index in [1.54, 1.807) is 0 Å². The number of nitrogens with one attached hydrogen (secondary N) is 2. The van der Waals surface area contributed by atoms with Crippen molar-refractivity contribution in [2.45, 2.75) is 18.1 Å². The molecule has 0 saturated carbocycles. The van der Waals surface area contributed by atoms with Crippen LogP contribution in [0, 0.1) is 0 Å². The van der Waals surface area contributed by atoms with Crippen LogP contribution in [0.4, 0.5) is 18.9 Å². The summed E-state index contributed by atoms with van der Waals surface area (Å²) in [4.78, 5) is 10.8. The van der Waals surface area contributed by atoms with Crippen LogP contribution < -0.4 is 10.6 Å². The maximum absolute atomic E-state index is 12.4. The normalized spacial score (nSPS) is 17.6. The standard InChI is InChI=1S/C12H13F3N2O2/c13-12(14,15)8-1-3-9(4-2-8)17-11(5-10(18)19)6-16-7-11/h1-4,16-17H,5-7H2,(H,18,19). The summed E-state index contributed by atoms with van der Waals surface area (Å²) in [5.41, 5.74) is -0.862. The third kappa shape index (κ3) is 3.17. The van der Waals surface area contributed by atoms with Crippen molar-refractivity contribution in [3.05, 3.63) is 29.8 Å². The average Bonchev–Trinajstić information content (AvgIpc) is 2.25. The molecular weight excluding hydrogens is 261 g/mol. The summed E-state index contributed by atoms with van der Waals surface area (Å²) in [5, 5.41) is 14.8. The van der Waals surface area contributed by atoms with Gasteiger partial charge in [0.25, 0.3) is 0 Å². The fourth-order valence-corrected chi connectivity index (χ4v) is 2.02. The molecule has 3 N–H and O–H groups in total. The van der Waals surface area contributed by atoms with E-state index in [2.05, 4.69) is 10.6 Å². The molecule has 0 aliphatic carbocycles. The molecule has 0 radical (unpaired) electrons. The Balaban J connectivity index is 2.08. The first-order chi connectivity index (χ1) is 8.81. The van der Waals surface area contributed by atoms with Gasteiger partial charge in [-0.25, -0.2) is 0 Å². The molecule has 1 aromatic carbocycles. The van der Waals surface area contributed by atoms with Crippen LogP contribution in [0.3, 0.4) is 0 Å². The zero-order valence-corrected chi connectivity index (χ0v) is 9.92. The van der Waals surface area contributed by atoms with Gasteiger partial charge in [0.1, 0.15) is 0 Å². The van der Waals surface area contributed by atoms with Crippen LogP contribution in [0.15, 0.2) is 24.3 Å². The third-order valence-electron chi connectivity index (χ3n) is 3.04. The number of aliphatic carboxylic acids is 1. The number of halogens is 3. The van der Waals surface area contributed by atoms with Crippen molar-refractivity contribution in [2.24, 2.45) is 0 Å². The van der Waals surface area contributed by atoms with Gasteiger partial charge in [-0.3, -0.25) is 4.79 Å². The molecule has 1 saturated heterocycles. The SMILES string of the molecule is O=C(O)CC1(Nc2ccc(C(F)(F)F)cc2)CNC1. The molecule has 7 heteroatoms. The number of carbonyl (C=O) groups is 1. The number of carboxylic acid groups (broad SMARTS) is 1. The summed E-state index contributed by atoms with van der Waals surface area (Å²) in [6, 6.07) is 4.57. The topological polar surface area (TPSA) is 61.4 Å². The van der Waals surface area contributed by atoms with E-state index in [0.29, 0.717) is 18.8 Å². The summed E-state index contributed by atoms with van der Waals surface area (Å²) < 4.78 is 37.2. The molecule has 1 aromatic rings. The van der Waals surface area contributed by atoms with Crippen molar-refractivity contribution in [3.63, 3.8) is 0 Å². The molecule has 4 nitrogen and oxygen atoms in total. The van der Waals surface area contributed by atoms with E-state index in [0.717, 1.165) is 12.1 Å². The molecule has 0 amide bonds. The second-order valence-electron chi connectivity index (χ2n) is 4.65. The molecule has 0 unspecified atom stereocenters. The van der Waals surface area contributed by atoms with Crippen LogP contribution in [-0.2, 0) is 11.0 Å². The zero-order valence-electron chi connectivity index (χ0n) is 9.92. The quantitative estimate of drug-likeness (QED) is 0.785. The van der Waals surface area contributed by atoms with Gasteiger partial charge in [0.05, 0.1) is 17.5 Å². The monoisotopic (exact) mass is 274 g/mol. The van der Waals surface area contributed by atoms with Crippen molar-refractivity contribution < 1.29 is 23.1 Å². The van der Waals surface area contributed by atoms with Crippen LogP contribution in [0.1, 0.15) is 12.0 Å². The Labute approximate surface area is 107 Å². The second-order valence-corrected chi connectivity index (χ2v) is 4.65. The van der Waals surface area contributed by atoms with Gasteiger partial charge in [-0.2, -0.15) is 13.2 Å². The van der Waals surface area contributed by atoms with Gasteiger partial charge in [0.2, 0.25) is 0 Å². The lowest BCUT2D eigenvalue weighted by Crippen LogP contribution is -2.65. The van der Waals surface area contributed by atoms with E-state index >= 15 is 0 Å². The van der Waals surface area contributed by atoms with Gasteiger partial charge < -0.3 is 15.7 Å². The van der Waals surface area contributed by atoms with Crippen LogP contribution in [-0.4, -0.2) is 29.7 Å². The summed E-state index contributed by atoms with van der Waals surface area (Å²) in [6.45, 7) is 0.945. The molecule has 104 valence electrons. The van der Waals surface area contributed by atoms with Crippen molar-refractivity contribution in [1.82, 2.24) is 5.32 Å². The molecule has 0 bridgehead atoms. The van der Waals surface area contributed by atoms with Crippen LogP contribution in [0.5, 0.6) is 0 Å². The molecule has 1 heterocycles. The Morgan fingerprint density at radius 3 is 2.26 bits per heavy atom. The highest BCUT2D eigenvalue weighted by atomic mass is 19.4. The maximum atomic E-state index is 12.4. The first kappa shape index (κ1) is 13.7. The number of anilines is 1. The summed E-state index contributed by atoms with van der Waals surface area (Å²) in [6.07, 6.45) is -4.45. The molecule has 1 aliphatic rings. The van der Waals surface area contributed by atoms with E-state index in [9.17, 15) is 18.0 Å². The summed E-state index contributed by atoms with van der Waals surface area (Å²) in [5.74, 6) is -0.944. The van der Waals surface area contributed by atoms with E-state index in [1.807, 2.05) is 0 Å². The number of carboxylic acids is 1. The predicted octanol–water partition coefficient (Wildman–Crippen LogP) is 1.93. The fourth-order valence-electron chi connectivity index (χ4n) is 2.02.